The van der Waals surface area contributed by atoms with Gasteiger partial charge in [0, 0.05) is 12.2 Å². The van der Waals surface area contributed by atoms with E-state index in [1.165, 1.54) is 11.3 Å². The molecule has 0 spiro atoms. The molecule has 0 amide bonds. The molecule has 2 aromatic rings. The largest absolute Gasteiger partial charge is 0.479 e. The minimum absolute atomic E-state index is 0.450. The number of methoxy groups -OCH3 is 1. The van der Waals surface area contributed by atoms with Crippen LogP contribution in [0.15, 0.2) is 36.4 Å². The van der Waals surface area contributed by atoms with Crippen LogP contribution >= 0.6 is 11.6 Å². The molecule has 0 radical (unpaired) electrons. The molecular weight excluding hydrogens is 260 g/mol. The summed E-state index contributed by atoms with van der Waals surface area (Å²) in [7, 11) is 1.62. The van der Waals surface area contributed by atoms with Crippen LogP contribution in [0.4, 0.5) is 11.4 Å². The third kappa shape index (κ3) is 2.26. The minimum Gasteiger partial charge on any atom is -0.479 e. The van der Waals surface area contributed by atoms with E-state index < -0.39 is 0 Å². The molecule has 0 aliphatic carbocycles. The van der Waals surface area contributed by atoms with Gasteiger partial charge in [-0.25, -0.2) is 0 Å². The molecule has 1 aromatic carbocycles. The van der Waals surface area contributed by atoms with Crippen LogP contribution in [0.25, 0.3) is 0 Å². The van der Waals surface area contributed by atoms with Gasteiger partial charge in [-0.2, -0.15) is 4.98 Å². The van der Waals surface area contributed by atoms with E-state index in [1.54, 1.807) is 13.2 Å². The normalized spacial score (nSPS) is 14.1. The van der Waals surface area contributed by atoms with Gasteiger partial charge in [-0.3, -0.25) is 0 Å². The number of aromatic nitrogens is 1. The standard InChI is InChI=1S/C15H15ClN2O/c1-19-15-13(8-9-14(16)17-15)18-10-4-6-11-5-2-3-7-12(11)18/h2-3,5,7-9H,4,6,10H2,1H3. The summed E-state index contributed by atoms with van der Waals surface area (Å²) in [6.07, 6.45) is 2.25. The smallest absolute Gasteiger partial charge is 0.239 e. The molecule has 0 unspecified atom stereocenters. The molecule has 1 aliphatic heterocycles. The molecule has 3 nitrogen and oxygen atoms in total. The SMILES string of the molecule is COc1nc(Cl)ccc1N1CCCc2ccccc21. The topological polar surface area (TPSA) is 25.4 Å². The fourth-order valence-electron chi connectivity index (χ4n) is 2.55. The van der Waals surface area contributed by atoms with Gasteiger partial charge < -0.3 is 9.64 Å². The molecule has 0 bridgehead atoms. The molecule has 0 atom stereocenters. The monoisotopic (exact) mass is 274 g/mol. The zero-order valence-corrected chi connectivity index (χ0v) is 11.5. The Morgan fingerprint density at radius 3 is 2.84 bits per heavy atom. The lowest BCUT2D eigenvalue weighted by atomic mass is 10.0. The summed E-state index contributed by atoms with van der Waals surface area (Å²) in [6, 6.07) is 12.2. The Kier molecular flexibility index (Phi) is 3.30. The van der Waals surface area contributed by atoms with Crippen molar-refractivity contribution in [1.82, 2.24) is 4.98 Å². The van der Waals surface area contributed by atoms with Gasteiger partial charge in [0.25, 0.3) is 0 Å². The first-order chi connectivity index (χ1) is 9.29. The van der Waals surface area contributed by atoms with Gasteiger partial charge >= 0.3 is 0 Å². The third-order valence-corrected chi connectivity index (χ3v) is 3.61. The molecule has 0 N–H and O–H groups in total. The number of hydrogen-bond acceptors (Lipinski definition) is 3. The van der Waals surface area contributed by atoms with Crippen molar-refractivity contribution in [3.8, 4) is 5.88 Å². The van der Waals surface area contributed by atoms with E-state index in [-0.39, 0.29) is 0 Å². The van der Waals surface area contributed by atoms with Gasteiger partial charge in [-0.1, -0.05) is 29.8 Å². The van der Waals surface area contributed by atoms with E-state index in [0.717, 1.165) is 25.1 Å². The van der Waals surface area contributed by atoms with Crippen molar-refractivity contribution < 1.29 is 4.74 Å². The number of ether oxygens (including phenoxy) is 1. The predicted molar refractivity (Wildman–Crippen MR) is 77.6 cm³/mol. The molecule has 4 heteroatoms. The summed E-state index contributed by atoms with van der Waals surface area (Å²) in [5, 5.41) is 0.450. The highest BCUT2D eigenvalue weighted by molar-refractivity contribution is 6.29. The van der Waals surface area contributed by atoms with Crippen molar-refractivity contribution in [3.05, 3.63) is 47.1 Å². The van der Waals surface area contributed by atoms with Gasteiger partial charge in [-0.05, 0) is 36.6 Å². The number of nitrogens with zero attached hydrogens (tertiary/aromatic N) is 2. The van der Waals surface area contributed by atoms with Crippen LogP contribution in [0.5, 0.6) is 5.88 Å². The first-order valence-corrected chi connectivity index (χ1v) is 6.73. The van der Waals surface area contributed by atoms with E-state index in [2.05, 4.69) is 34.1 Å². The maximum Gasteiger partial charge on any atom is 0.239 e. The molecular formula is C15H15ClN2O. The molecule has 2 heterocycles. The van der Waals surface area contributed by atoms with Crippen molar-refractivity contribution in [2.75, 3.05) is 18.6 Å². The summed E-state index contributed by atoms with van der Waals surface area (Å²) in [5.74, 6) is 0.573. The first kappa shape index (κ1) is 12.3. The van der Waals surface area contributed by atoms with Crippen molar-refractivity contribution >= 4 is 23.0 Å². The van der Waals surface area contributed by atoms with Gasteiger partial charge in [0.1, 0.15) is 10.8 Å². The average molecular weight is 275 g/mol. The van der Waals surface area contributed by atoms with Crippen molar-refractivity contribution in [3.63, 3.8) is 0 Å². The van der Waals surface area contributed by atoms with Crippen LogP contribution in [-0.4, -0.2) is 18.6 Å². The van der Waals surface area contributed by atoms with Crippen LogP contribution in [0, 0.1) is 0 Å². The van der Waals surface area contributed by atoms with Crippen LogP contribution in [0.2, 0.25) is 5.15 Å². The van der Waals surface area contributed by atoms with E-state index in [0.29, 0.717) is 11.0 Å². The maximum atomic E-state index is 5.93. The number of halogens is 1. The number of para-hydroxylation sites is 1. The summed E-state index contributed by atoms with van der Waals surface area (Å²) in [5.41, 5.74) is 3.57. The van der Waals surface area contributed by atoms with Gasteiger partial charge in [0.15, 0.2) is 0 Å². The quantitative estimate of drug-likeness (QED) is 0.778. The zero-order chi connectivity index (χ0) is 13.2. The minimum atomic E-state index is 0.450. The second kappa shape index (κ2) is 5.10. The van der Waals surface area contributed by atoms with Crippen LogP contribution in [-0.2, 0) is 6.42 Å². The second-order valence-corrected chi connectivity index (χ2v) is 4.93. The molecule has 3 rings (SSSR count). The van der Waals surface area contributed by atoms with Crippen molar-refractivity contribution in [2.24, 2.45) is 0 Å². The van der Waals surface area contributed by atoms with E-state index in [4.69, 9.17) is 16.3 Å². The molecule has 0 saturated carbocycles. The number of hydrogen-bond donors (Lipinski definition) is 0. The predicted octanol–water partition coefficient (Wildman–Crippen LogP) is 3.83. The van der Waals surface area contributed by atoms with Crippen molar-refractivity contribution in [2.45, 2.75) is 12.8 Å². The Morgan fingerprint density at radius 2 is 2.00 bits per heavy atom. The zero-order valence-electron chi connectivity index (χ0n) is 10.8. The summed E-state index contributed by atoms with van der Waals surface area (Å²) < 4.78 is 5.36. The molecule has 0 fully saturated rings. The molecule has 19 heavy (non-hydrogen) atoms. The Hall–Kier alpha value is -1.74. The van der Waals surface area contributed by atoms with E-state index in [9.17, 15) is 0 Å². The third-order valence-electron chi connectivity index (χ3n) is 3.40. The lowest BCUT2D eigenvalue weighted by molar-refractivity contribution is 0.398. The fourth-order valence-corrected chi connectivity index (χ4v) is 2.69. The summed E-state index contributed by atoms with van der Waals surface area (Å²) >= 11 is 5.93. The maximum absolute atomic E-state index is 5.93. The lowest BCUT2D eigenvalue weighted by Crippen LogP contribution is -2.25. The Balaban J connectivity index is 2.09. The van der Waals surface area contributed by atoms with E-state index >= 15 is 0 Å². The van der Waals surface area contributed by atoms with Crippen LogP contribution in [0.1, 0.15) is 12.0 Å². The summed E-state index contributed by atoms with van der Waals surface area (Å²) in [4.78, 5) is 6.49. The second-order valence-electron chi connectivity index (χ2n) is 4.55. The Morgan fingerprint density at radius 1 is 1.16 bits per heavy atom. The van der Waals surface area contributed by atoms with Gasteiger partial charge in [0.2, 0.25) is 5.88 Å². The lowest BCUT2D eigenvalue weighted by Gasteiger charge is -2.31. The van der Waals surface area contributed by atoms with E-state index in [1.807, 2.05) is 6.07 Å². The molecule has 98 valence electrons. The van der Waals surface area contributed by atoms with Crippen LogP contribution < -0.4 is 9.64 Å². The van der Waals surface area contributed by atoms with Crippen molar-refractivity contribution in [1.29, 1.82) is 0 Å². The summed E-state index contributed by atoms with van der Waals surface area (Å²) in [6.45, 7) is 0.969. The average Bonchev–Trinajstić information content (AvgIpc) is 2.46. The Labute approximate surface area is 117 Å². The highest BCUT2D eigenvalue weighted by atomic mass is 35.5. The number of fused-ring (bicyclic) bond motifs is 1. The number of pyridine rings is 1. The van der Waals surface area contributed by atoms with Crippen LogP contribution in [0.3, 0.4) is 0 Å². The number of rotatable bonds is 2. The molecule has 0 saturated heterocycles. The number of aryl methyl sites for hydroxylation is 1. The highest BCUT2D eigenvalue weighted by Gasteiger charge is 2.21. The first-order valence-electron chi connectivity index (χ1n) is 6.35. The molecule has 1 aliphatic rings. The molecule has 1 aromatic heterocycles. The Bertz CT molecular complexity index is 600. The van der Waals surface area contributed by atoms with Gasteiger partial charge in [0.05, 0.1) is 7.11 Å². The number of benzene rings is 1. The highest BCUT2D eigenvalue weighted by Crippen LogP contribution is 2.37. The fraction of sp³-hybridized carbons (Fsp3) is 0.267. The van der Waals surface area contributed by atoms with Gasteiger partial charge in [-0.15, -0.1) is 0 Å². The number of anilines is 2.